The summed E-state index contributed by atoms with van der Waals surface area (Å²) in [6, 6.07) is 6.01. The van der Waals surface area contributed by atoms with Gasteiger partial charge in [-0.15, -0.1) is 0 Å². The number of halogens is 1. The number of hydrogen-bond donors (Lipinski definition) is 1. The number of amides is 2. The maximum atomic E-state index is 13.3. The van der Waals surface area contributed by atoms with Gasteiger partial charge in [0.15, 0.2) is 0 Å². The first-order valence-corrected chi connectivity index (χ1v) is 5.39. The fourth-order valence-electron chi connectivity index (χ4n) is 1.70. The lowest BCUT2D eigenvalue weighted by atomic mass is 9.99. The van der Waals surface area contributed by atoms with Gasteiger partial charge in [0.1, 0.15) is 5.82 Å². The van der Waals surface area contributed by atoms with Gasteiger partial charge in [-0.1, -0.05) is 12.1 Å². The lowest BCUT2D eigenvalue weighted by molar-refractivity contribution is -0.139. The van der Waals surface area contributed by atoms with E-state index < -0.39 is 5.82 Å². The highest BCUT2D eigenvalue weighted by Crippen LogP contribution is 2.19. The van der Waals surface area contributed by atoms with E-state index >= 15 is 0 Å². The SMILES string of the molecule is CC(=O)N1CC(C(=O)Nc2ccccc2F)C1. The Labute approximate surface area is 98.4 Å². The van der Waals surface area contributed by atoms with Crippen LogP contribution in [-0.2, 0) is 9.59 Å². The molecule has 0 unspecified atom stereocenters. The summed E-state index contributed by atoms with van der Waals surface area (Å²) in [5.41, 5.74) is 0.179. The number of nitrogens with one attached hydrogen (secondary N) is 1. The summed E-state index contributed by atoms with van der Waals surface area (Å²) in [6.07, 6.45) is 0. The molecular formula is C12H13FN2O2. The highest BCUT2D eigenvalue weighted by Gasteiger charge is 2.34. The lowest BCUT2D eigenvalue weighted by Gasteiger charge is -2.37. The van der Waals surface area contributed by atoms with E-state index in [1.54, 1.807) is 17.0 Å². The van der Waals surface area contributed by atoms with Gasteiger partial charge in [-0.05, 0) is 12.1 Å². The van der Waals surface area contributed by atoms with Gasteiger partial charge in [0.2, 0.25) is 11.8 Å². The molecule has 0 saturated carbocycles. The average molecular weight is 236 g/mol. The van der Waals surface area contributed by atoms with E-state index in [9.17, 15) is 14.0 Å². The van der Waals surface area contributed by atoms with Gasteiger partial charge >= 0.3 is 0 Å². The van der Waals surface area contributed by atoms with Gasteiger partial charge in [0.25, 0.3) is 0 Å². The first-order chi connectivity index (χ1) is 8.08. The normalized spacial score (nSPS) is 15.3. The molecule has 0 aromatic heterocycles. The number of carbonyl (C=O) groups excluding carboxylic acids is 2. The number of nitrogens with zero attached hydrogens (tertiary/aromatic N) is 1. The highest BCUT2D eigenvalue weighted by molar-refractivity contribution is 5.94. The summed E-state index contributed by atoms with van der Waals surface area (Å²) in [5.74, 6) is -0.977. The quantitative estimate of drug-likeness (QED) is 0.840. The number of anilines is 1. The van der Waals surface area contributed by atoms with Crippen molar-refractivity contribution < 1.29 is 14.0 Å². The maximum absolute atomic E-state index is 13.3. The van der Waals surface area contributed by atoms with Crippen LogP contribution in [0.2, 0.25) is 0 Å². The summed E-state index contributed by atoms with van der Waals surface area (Å²) in [7, 11) is 0. The van der Waals surface area contributed by atoms with Crippen LogP contribution in [0.5, 0.6) is 0 Å². The van der Waals surface area contributed by atoms with Crippen LogP contribution in [0.1, 0.15) is 6.92 Å². The third kappa shape index (κ3) is 2.43. The largest absolute Gasteiger partial charge is 0.341 e. The molecule has 1 N–H and O–H groups in total. The maximum Gasteiger partial charge on any atom is 0.231 e. The Bertz CT molecular complexity index is 456. The summed E-state index contributed by atoms with van der Waals surface area (Å²) < 4.78 is 13.3. The van der Waals surface area contributed by atoms with Crippen LogP contribution in [0.4, 0.5) is 10.1 Å². The number of para-hydroxylation sites is 1. The van der Waals surface area contributed by atoms with Crippen LogP contribution in [0.25, 0.3) is 0 Å². The number of benzene rings is 1. The molecule has 1 saturated heterocycles. The molecule has 0 bridgehead atoms. The van der Waals surface area contributed by atoms with E-state index in [-0.39, 0.29) is 23.4 Å². The van der Waals surface area contributed by atoms with Crippen molar-refractivity contribution in [2.45, 2.75) is 6.92 Å². The molecule has 0 aliphatic carbocycles. The van der Waals surface area contributed by atoms with Crippen LogP contribution < -0.4 is 5.32 Å². The van der Waals surface area contributed by atoms with Crippen molar-refractivity contribution in [3.8, 4) is 0 Å². The minimum Gasteiger partial charge on any atom is -0.341 e. The Hall–Kier alpha value is -1.91. The van der Waals surface area contributed by atoms with Crippen molar-refractivity contribution in [1.29, 1.82) is 0 Å². The van der Waals surface area contributed by atoms with Crippen LogP contribution in [0.3, 0.4) is 0 Å². The molecule has 0 radical (unpaired) electrons. The summed E-state index contributed by atoms with van der Waals surface area (Å²) in [6.45, 7) is 2.29. The molecule has 0 atom stereocenters. The molecule has 17 heavy (non-hydrogen) atoms. The van der Waals surface area contributed by atoms with Crippen LogP contribution in [-0.4, -0.2) is 29.8 Å². The monoisotopic (exact) mass is 236 g/mol. The molecule has 1 aromatic rings. The minimum atomic E-state index is -0.455. The topological polar surface area (TPSA) is 49.4 Å². The first kappa shape index (κ1) is 11.6. The van der Waals surface area contributed by atoms with Crippen molar-refractivity contribution in [1.82, 2.24) is 4.90 Å². The van der Waals surface area contributed by atoms with Crippen molar-refractivity contribution >= 4 is 17.5 Å². The number of rotatable bonds is 2. The lowest BCUT2D eigenvalue weighted by Crippen LogP contribution is -2.53. The highest BCUT2D eigenvalue weighted by atomic mass is 19.1. The zero-order valence-corrected chi connectivity index (χ0v) is 9.44. The van der Waals surface area contributed by atoms with E-state index in [1.165, 1.54) is 19.1 Å². The Morgan fingerprint density at radius 3 is 2.59 bits per heavy atom. The molecular weight excluding hydrogens is 223 g/mol. The van der Waals surface area contributed by atoms with Crippen molar-refractivity contribution in [2.75, 3.05) is 18.4 Å². The Kier molecular flexibility index (Phi) is 3.08. The van der Waals surface area contributed by atoms with Gasteiger partial charge in [-0.2, -0.15) is 0 Å². The minimum absolute atomic E-state index is 0.0417. The van der Waals surface area contributed by atoms with E-state index in [0.29, 0.717) is 13.1 Å². The molecule has 5 heteroatoms. The molecule has 1 aromatic carbocycles. The van der Waals surface area contributed by atoms with E-state index in [2.05, 4.69) is 5.32 Å². The predicted molar refractivity (Wildman–Crippen MR) is 60.8 cm³/mol. The van der Waals surface area contributed by atoms with Crippen molar-refractivity contribution in [3.63, 3.8) is 0 Å². The molecule has 1 aliphatic rings. The van der Waals surface area contributed by atoms with Gasteiger partial charge < -0.3 is 10.2 Å². The second-order valence-electron chi connectivity index (χ2n) is 4.09. The summed E-state index contributed by atoms with van der Waals surface area (Å²) in [4.78, 5) is 24.2. The molecule has 1 aliphatic heterocycles. The average Bonchev–Trinajstić information content (AvgIpc) is 2.18. The predicted octanol–water partition coefficient (Wildman–Crippen LogP) is 1.24. The van der Waals surface area contributed by atoms with Crippen molar-refractivity contribution in [2.24, 2.45) is 5.92 Å². The standard InChI is InChI=1S/C12H13FN2O2/c1-8(16)15-6-9(7-15)12(17)14-11-5-3-2-4-10(11)13/h2-5,9H,6-7H2,1H3,(H,14,17). The second kappa shape index (κ2) is 4.53. The molecule has 2 rings (SSSR count). The van der Waals surface area contributed by atoms with E-state index in [1.807, 2.05) is 0 Å². The second-order valence-corrected chi connectivity index (χ2v) is 4.09. The van der Waals surface area contributed by atoms with Gasteiger partial charge in [-0.3, -0.25) is 9.59 Å². The van der Waals surface area contributed by atoms with Gasteiger partial charge in [0.05, 0.1) is 11.6 Å². The zero-order chi connectivity index (χ0) is 12.4. The van der Waals surface area contributed by atoms with Crippen LogP contribution >= 0.6 is 0 Å². The molecule has 0 spiro atoms. The zero-order valence-electron chi connectivity index (χ0n) is 9.44. The number of likely N-dealkylation sites (tertiary alicyclic amines) is 1. The van der Waals surface area contributed by atoms with Crippen LogP contribution in [0.15, 0.2) is 24.3 Å². The molecule has 1 heterocycles. The molecule has 4 nitrogen and oxygen atoms in total. The Morgan fingerprint density at radius 1 is 1.35 bits per heavy atom. The first-order valence-electron chi connectivity index (χ1n) is 5.39. The molecule has 90 valence electrons. The summed E-state index contributed by atoms with van der Waals surface area (Å²) in [5, 5.41) is 2.52. The third-order valence-corrected chi connectivity index (χ3v) is 2.83. The van der Waals surface area contributed by atoms with E-state index in [4.69, 9.17) is 0 Å². The van der Waals surface area contributed by atoms with E-state index in [0.717, 1.165) is 0 Å². The third-order valence-electron chi connectivity index (χ3n) is 2.83. The fourth-order valence-corrected chi connectivity index (χ4v) is 1.70. The van der Waals surface area contributed by atoms with Crippen LogP contribution in [0, 0.1) is 11.7 Å². The molecule has 2 amide bonds. The number of carbonyl (C=O) groups is 2. The smallest absolute Gasteiger partial charge is 0.231 e. The fraction of sp³-hybridized carbons (Fsp3) is 0.333. The van der Waals surface area contributed by atoms with Gasteiger partial charge in [0, 0.05) is 20.0 Å². The summed E-state index contributed by atoms with van der Waals surface area (Å²) >= 11 is 0. The molecule has 1 fully saturated rings. The van der Waals surface area contributed by atoms with Crippen molar-refractivity contribution in [3.05, 3.63) is 30.1 Å². The number of hydrogen-bond acceptors (Lipinski definition) is 2. The Morgan fingerprint density at radius 2 is 2.00 bits per heavy atom. The Balaban J connectivity index is 1.91. The van der Waals surface area contributed by atoms with Gasteiger partial charge in [-0.25, -0.2) is 4.39 Å².